The first-order chi connectivity index (χ1) is 14.6. The third-order valence-corrected chi connectivity index (χ3v) is 6.49. The fourth-order valence-corrected chi connectivity index (χ4v) is 4.82. The maximum atomic E-state index is 6.29. The Labute approximate surface area is 187 Å². The second-order valence-electron chi connectivity index (χ2n) is 8.48. The molecule has 0 bridgehead atoms. The van der Waals surface area contributed by atoms with Gasteiger partial charge in [0.05, 0.1) is 19.8 Å². The summed E-state index contributed by atoms with van der Waals surface area (Å²) in [5.74, 6) is 1.43. The average Bonchev–Trinajstić information content (AvgIpc) is 2.76. The summed E-state index contributed by atoms with van der Waals surface area (Å²) in [6, 6.07) is 9.12. The molecule has 2 N–H and O–H groups in total. The van der Waals surface area contributed by atoms with Crippen molar-refractivity contribution < 1.29 is 4.74 Å². The molecule has 0 aromatic heterocycles. The van der Waals surface area contributed by atoms with Gasteiger partial charge in [0.25, 0.3) is 0 Å². The lowest BCUT2D eigenvalue weighted by atomic mass is 9.85. The van der Waals surface area contributed by atoms with Crippen LogP contribution >= 0.6 is 11.6 Å². The predicted molar refractivity (Wildman–Crippen MR) is 125 cm³/mol. The smallest absolute Gasteiger partial charge is 0.191 e. The van der Waals surface area contributed by atoms with Crippen molar-refractivity contribution in [1.82, 2.24) is 20.4 Å². The van der Waals surface area contributed by atoms with E-state index in [1.807, 2.05) is 6.07 Å². The van der Waals surface area contributed by atoms with E-state index < -0.39 is 0 Å². The standard InChI is InChI=1S/C23H38ClN5O/c1-4-25-23(26-16-18(2)29-11-13-30-14-12-29)27-17-20-8-6-10-28(3)22(20)19-7-5-9-21(24)15-19/h5,7,9,15,18,20,22H,4,6,8,10-14,16-17H2,1-3H3,(H2,25,26,27). The van der Waals surface area contributed by atoms with Gasteiger partial charge in [0.1, 0.15) is 0 Å². The molecule has 0 aliphatic carbocycles. The zero-order chi connectivity index (χ0) is 21.3. The first-order valence-electron chi connectivity index (χ1n) is 11.4. The fourth-order valence-electron chi connectivity index (χ4n) is 4.62. The maximum absolute atomic E-state index is 6.29. The first-order valence-corrected chi connectivity index (χ1v) is 11.8. The van der Waals surface area contributed by atoms with Gasteiger partial charge in [0, 0.05) is 43.3 Å². The summed E-state index contributed by atoms with van der Waals surface area (Å²) in [6.45, 7) is 11.7. The van der Waals surface area contributed by atoms with Gasteiger partial charge in [-0.1, -0.05) is 23.7 Å². The number of nitrogens with one attached hydrogen (secondary N) is 2. The number of halogens is 1. The Hall–Kier alpha value is -1.34. The van der Waals surface area contributed by atoms with E-state index in [0.29, 0.717) is 18.0 Å². The average molecular weight is 436 g/mol. The van der Waals surface area contributed by atoms with E-state index in [2.05, 4.69) is 59.5 Å². The molecule has 0 radical (unpaired) electrons. The van der Waals surface area contributed by atoms with Crippen molar-refractivity contribution in [3.05, 3.63) is 34.9 Å². The normalized spacial score (nSPS) is 25.1. The van der Waals surface area contributed by atoms with Gasteiger partial charge >= 0.3 is 0 Å². The largest absolute Gasteiger partial charge is 0.379 e. The number of likely N-dealkylation sites (tertiary alicyclic amines) is 1. The lowest BCUT2D eigenvalue weighted by Crippen LogP contribution is -2.46. The third-order valence-electron chi connectivity index (χ3n) is 6.26. The molecule has 0 amide bonds. The molecule has 0 saturated carbocycles. The van der Waals surface area contributed by atoms with Gasteiger partial charge in [-0.05, 0) is 63.9 Å². The van der Waals surface area contributed by atoms with Crippen LogP contribution in [0, 0.1) is 5.92 Å². The van der Waals surface area contributed by atoms with Gasteiger partial charge in [0.2, 0.25) is 0 Å². The van der Waals surface area contributed by atoms with Gasteiger partial charge in [-0.3, -0.25) is 14.8 Å². The molecule has 3 rings (SSSR count). The van der Waals surface area contributed by atoms with Gasteiger partial charge in [-0.25, -0.2) is 0 Å². The van der Waals surface area contributed by atoms with Crippen LogP contribution in [0.1, 0.15) is 38.3 Å². The highest BCUT2D eigenvalue weighted by molar-refractivity contribution is 6.30. The Kier molecular flexibility index (Phi) is 9.25. The number of hydrogen-bond donors (Lipinski definition) is 2. The summed E-state index contributed by atoms with van der Waals surface area (Å²) in [5, 5.41) is 7.85. The van der Waals surface area contributed by atoms with Crippen LogP contribution in [0.25, 0.3) is 0 Å². The van der Waals surface area contributed by atoms with Crippen molar-refractivity contribution >= 4 is 17.6 Å². The molecule has 1 aromatic carbocycles. The molecule has 2 aliphatic heterocycles. The molecule has 30 heavy (non-hydrogen) atoms. The third kappa shape index (κ3) is 6.58. The molecule has 2 aliphatic rings. The number of guanidine groups is 1. The molecule has 3 unspecified atom stereocenters. The molecule has 0 spiro atoms. The quantitative estimate of drug-likeness (QED) is 0.509. The second-order valence-corrected chi connectivity index (χ2v) is 8.92. The predicted octanol–water partition coefficient (Wildman–Crippen LogP) is 3.00. The molecule has 1 aromatic rings. The van der Waals surface area contributed by atoms with Crippen molar-refractivity contribution in [3.8, 4) is 0 Å². The van der Waals surface area contributed by atoms with Crippen molar-refractivity contribution in [1.29, 1.82) is 0 Å². The van der Waals surface area contributed by atoms with E-state index in [1.165, 1.54) is 18.4 Å². The number of benzene rings is 1. The van der Waals surface area contributed by atoms with Crippen molar-refractivity contribution in [3.63, 3.8) is 0 Å². The fraction of sp³-hybridized carbons (Fsp3) is 0.696. The van der Waals surface area contributed by atoms with Crippen LogP contribution in [0.4, 0.5) is 0 Å². The SMILES string of the molecule is CCNC(=NCC(C)N1CCOCC1)NCC1CCCN(C)C1c1cccc(Cl)c1. The first kappa shape index (κ1) is 23.3. The summed E-state index contributed by atoms with van der Waals surface area (Å²) >= 11 is 6.29. The molecular formula is C23H38ClN5O. The Morgan fingerprint density at radius 1 is 1.27 bits per heavy atom. The highest BCUT2D eigenvalue weighted by Gasteiger charge is 2.30. The van der Waals surface area contributed by atoms with E-state index in [-0.39, 0.29) is 0 Å². The van der Waals surface area contributed by atoms with Gasteiger partial charge in [0.15, 0.2) is 5.96 Å². The molecular weight excluding hydrogens is 398 g/mol. The Bertz CT molecular complexity index is 679. The molecule has 2 heterocycles. The second kappa shape index (κ2) is 11.9. The minimum atomic E-state index is 0.375. The van der Waals surface area contributed by atoms with Crippen LogP contribution in [0.3, 0.4) is 0 Å². The summed E-state index contributed by atoms with van der Waals surface area (Å²) < 4.78 is 5.47. The topological polar surface area (TPSA) is 52.1 Å². The van der Waals surface area contributed by atoms with Crippen LogP contribution in [-0.4, -0.2) is 81.3 Å². The number of piperidine rings is 1. The molecule has 6 nitrogen and oxygen atoms in total. The Morgan fingerprint density at radius 2 is 2.07 bits per heavy atom. The Balaban J connectivity index is 1.61. The van der Waals surface area contributed by atoms with Crippen molar-refractivity contribution in [2.24, 2.45) is 10.9 Å². The highest BCUT2D eigenvalue weighted by atomic mass is 35.5. The van der Waals surface area contributed by atoms with Crippen LogP contribution < -0.4 is 10.6 Å². The van der Waals surface area contributed by atoms with Crippen molar-refractivity contribution in [2.75, 3.05) is 59.5 Å². The van der Waals surface area contributed by atoms with Gasteiger partial charge in [-0.15, -0.1) is 0 Å². The lowest BCUT2D eigenvalue weighted by molar-refractivity contribution is 0.0220. The zero-order valence-corrected chi connectivity index (χ0v) is 19.5. The number of nitrogens with zero attached hydrogens (tertiary/aromatic N) is 3. The summed E-state index contributed by atoms with van der Waals surface area (Å²) in [7, 11) is 2.22. The maximum Gasteiger partial charge on any atom is 0.191 e. The molecule has 2 fully saturated rings. The van der Waals surface area contributed by atoms with Gasteiger partial charge in [-0.2, -0.15) is 0 Å². The summed E-state index contributed by atoms with van der Waals surface area (Å²) in [4.78, 5) is 9.81. The molecule has 2 saturated heterocycles. The molecule has 3 atom stereocenters. The van der Waals surface area contributed by atoms with E-state index in [1.54, 1.807) is 0 Å². The molecule has 7 heteroatoms. The molecule has 168 valence electrons. The number of hydrogen-bond acceptors (Lipinski definition) is 4. The lowest BCUT2D eigenvalue weighted by Gasteiger charge is -2.40. The summed E-state index contributed by atoms with van der Waals surface area (Å²) in [5.41, 5.74) is 1.30. The Morgan fingerprint density at radius 3 is 2.80 bits per heavy atom. The summed E-state index contributed by atoms with van der Waals surface area (Å²) in [6.07, 6.45) is 2.43. The van der Waals surface area contributed by atoms with E-state index >= 15 is 0 Å². The minimum Gasteiger partial charge on any atom is -0.379 e. The van der Waals surface area contributed by atoms with Crippen LogP contribution in [0.15, 0.2) is 29.3 Å². The number of morpholine rings is 1. The number of ether oxygens (including phenoxy) is 1. The zero-order valence-electron chi connectivity index (χ0n) is 18.7. The highest BCUT2D eigenvalue weighted by Crippen LogP contribution is 2.35. The van der Waals surface area contributed by atoms with Gasteiger partial charge < -0.3 is 15.4 Å². The number of aliphatic imine (C=N–C) groups is 1. The number of rotatable bonds is 7. The minimum absolute atomic E-state index is 0.375. The van der Waals surface area contributed by atoms with Crippen molar-refractivity contribution in [2.45, 2.75) is 38.8 Å². The monoisotopic (exact) mass is 435 g/mol. The van der Waals surface area contributed by atoms with E-state index in [9.17, 15) is 0 Å². The van der Waals surface area contributed by atoms with E-state index in [4.69, 9.17) is 21.3 Å². The van der Waals surface area contributed by atoms with Crippen LogP contribution in [0.5, 0.6) is 0 Å². The van der Waals surface area contributed by atoms with Crippen LogP contribution in [-0.2, 0) is 4.74 Å². The van der Waals surface area contributed by atoms with Crippen LogP contribution in [0.2, 0.25) is 5.02 Å². The van der Waals surface area contributed by atoms with E-state index in [0.717, 1.165) is 63.5 Å².